The molecule has 0 radical (unpaired) electrons. The summed E-state index contributed by atoms with van der Waals surface area (Å²) in [6, 6.07) is 7.32. The number of aromatic nitrogens is 2. The highest BCUT2D eigenvalue weighted by Crippen LogP contribution is 2.18. The summed E-state index contributed by atoms with van der Waals surface area (Å²) >= 11 is 0. The predicted molar refractivity (Wildman–Crippen MR) is 75.1 cm³/mol. The van der Waals surface area contributed by atoms with Crippen LogP contribution in [0.1, 0.15) is 0 Å². The number of morpholine rings is 1. The number of nitrogens with zero attached hydrogens (tertiary/aromatic N) is 2. The summed E-state index contributed by atoms with van der Waals surface area (Å²) in [5.41, 5.74) is -0.193. The van der Waals surface area contributed by atoms with Crippen LogP contribution < -0.4 is 10.3 Å². The fourth-order valence-electron chi connectivity index (χ4n) is 2.30. The van der Waals surface area contributed by atoms with Gasteiger partial charge in [-0.2, -0.15) is 0 Å². The number of benzene rings is 1. The van der Waals surface area contributed by atoms with Crippen molar-refractivity contribution in [2.75, 3.05) is 39.5 Å². The highest BCUT2D eigenvalue weighted by atomic mass is 16.5. The lowest BCUT2D eigenvalue weighted by atomic mass is 10.2. The molecule has 1 aliphatic heterocycles. The lowest BCUT2D eigenvalue weighted by Crippen LogP contribution is -2.38. The molecular weight excluding hydrogens is 258 g/mol. The van der Waals surface area contributed by atoms with E-state index < -0.39 is 0 Å². The molecule has 1 aromatic carbocycles. The number of rotatable bonds is 4. The number of nitrogens with one attached hydrogen (secondary N) is 1. The van der Waals surface area contributed by atoms with Crippen molar-refractivity contribution in [3.05, 3.63) is 34.6 Å². The van der Waals surface area contributed by atoms with Gasteiger partial charge in [-0.25, -0.2) is 5.10 Å². The van der Waals surface area contributed by atoms with Crippen LogP contribution in [-0.2, 0) is 4.74 Å². The monoisotopic (exact) mass is 275 g/mol. The van der Waals surface area contributed by atoms with Crippen molar-refractivity contribution >= 4 is 10.8 Å². The Balaban J connectivity index is 1.68. The summed E-state index contributed by atoms with van der Waals surface area (Å²) < 4.78 is 11.0. The molecular formula is C14H17N3O3. The third-order valence-corrected chi connectivity index (χ3v) is 3.41. The van der Waals surface area contributed by atoms with E-state index in [-0.39, 0.29) is 5.56 Å². The first kappa shape index (κ1) is 13.1. The molecule has 1 aliphatic rings. The summed E-state index contributed by atoms with van der Waals surface area (Å²) in [5.74, 6) is 0.480. The second-order valence-electron chi connectivity index (χ2n) is 4.71. The van der Waals surface area contributed by atoms with Crippen LogP contribution in [0.3, 0.4) is 0 Å². The van der Waals surface area contributed by atoms with E-state index in [1.165, 1.54) is 0 Å². The van der Waals surface area contributed by atoms with Crippen LogP contribution in [0.15, 0.2) is 29.1 Å². The Hall–Kier alpha value is -1.92. The minimum atomic E-state index is -0.193. The molecule has 6 heteroatoms. The van der Waals surface area contributed by atoms with Crippen molar-refractivity contribution in [1.82, 2.24) is 15.1 Å². The third-order valence-electron chi connectivity index (χ3n) is 3.41. The minimum Gasteiger partial charge on any atom is -0.475 e. The quantitative estimate of drug-likeness (QED) is 0.886. The molecule has 1 N–H and O–H groups in total. The Bertz CT molecular complexity index is 635. The van der Waals surface area contributed by atoms with E-state index in [1.807, 2.05) is 18.2 Å². The van der Waals surface area contributed by atoms with Gasteiger partial charge in [0.25, 0.3) is 5.56 Å². The van der Waals surface area contributed by atoms with Gasteiger partial charge in [-0.3, -0.25) is 9.69 Å². The molecule has 0 unspecified atom stereocenters. The van der Waals surface area contributed by atoms with Crippen molar-refractivity contribution in [3.63, 3.8) is 0 Å². The molecule has 1 aromatic heterocycles. The fourth-order valence-corrected chi connectivity index (χ4v) is 2.30. The maximum atomic E-state index is 11.7. The van der Waals surface area contributed by atoms with E-state index in [0.717, 1.165) is 38.2 Å². The summed E-state index contributed by atoms with van der Waals surface area (Å²) in [7, 11) is 0. The van der Waals surface area contributed by atoms with Crippen molar-refractivity contribution in [3.8, 4) is 5.88 Å². The molecule has 6 nitrogen and oxygen atoms in total. The van der Waals surface area contributed by atoms with Crippen molar-refractivity contribution in [2.24, 2.45) is 0 Å². The molecule has 2 aromatic rings. The molecule has 0 bridgehead atoms. The van der Waals surface area contributed by atoms with Crippen LogP contribution in [0, 0.1) is 0 Å². The lowest BCUT2D eigenvalue weighted by Gasteiger charge is -2.26. The minimum absolute atomic E-state index is 0.193. The first-order valence-corrected chi connectivity index (χ1v) is 6.75. The number of hydrogen-bond donors (Lipinski definition) is 1. The lowest BCUT2D eigenvalue weighted by molar-refractivity contribution is 0.0320. The Morgan fingerprint density at radius 2 is 2.00 bits per heavy atom. The van der Waals surface area contributed by atoms with Crippen LogP contribution in [0.4, 0.5) is 0 Å². The highest BCUT2D eigenvalue weighted by molar-refractivity contribution is 5.85. The average Bonchev–Trinajstić information content (AvgIpc) is 2.51. The fraction of sp³-hybridized carbons (Fsp3) is 0.429. The van der Waals surface area contributed by atoms with Gasteiger partial charge in [0, 0.05) is 19.6 Å². The van der Waals surface area contributed by atoms with Crippen LogP contribution in [0.2, 0.25) is 0 Å². The van der Waals surface area contributed by atoms with Gasteiger partial charge in [-0.05, 0) is 12.1 Å². The Labute approximate surface area is 116 Å². The zero-order chi connectivity index (χ0) is 13.8. The zero-order valence-corrected chi connectivity index (χ0v) is 11.2. The third kappa shape index (κ3) is 2.81. The smallest absolute Gasteiger partial charge is 0.272 e. The van der Waals surface area contributed by atoms with Gasteiger partial charge in [0.2, 0.25) is 5.88 Å². The van der Waals surface area contributed by atoms with E-state index in [4.69, 9.17) is 9.47 Å². The van der Waals surface area contributed by atoms with Crippen LogP contribution in [0.5, 0.6) is 5.88 Å². The number of ether oxygens (including phenoxy) is 2. The molecule has 106 valence electrons. The summed E-state index contributed by atoms with van der Waals surface area (Å²) in [5, 5.41) is 7.80. The first-order valence-electron chi connectivity index (χ1n) is 6.75. The van der Waals surface area contributed by atoms with Crippen LogP contribution >= 0.6 is 0 Å². The maximum Gasteiger partial charge on any atom is 0.272 e. The second kappa shape index (κ2) is 6.02. The number of fused-ring (bicyclic) bond motifs is 1. The molecule has 0 amide bonds. The van der Waals surface area contributed by atoms with Gasteiger partial charge < -0.3 is 9.47 Å². The van der Waals surface area contributed by atoms with Crippen LogP contribution in [-0.4, -0.2) is 54.6 Å². The highest BCUT2D eigenvalue weighted by Gasteiger charge is 2.11. The van der Waals surface area contributed by atoms with Crippen LogP contribution in [0.25, 0.3) is 10.8 Å². The molecule has 2 heterocycles. The molecule has 3 rings (SSSR count). The van der Waals surface area contributed by atoms with E-state index in [1.54, 1.807) is 6.07 Å². The number of aromatic amines is 1. The Morgan fingerprint density at radius 3 is 2.80 bits per heavy atom. The SMILES string of the molecule is O=c1[nH]nc(OCCN2CCOCC2)c2ccccc12. The number of H-pyrrole nitrogens is 1. The standard InChI is InChI=1S/C14H17N3O3/c18-13-11-3-1-2-4-12(11)14(16-15-13)20-10-7-17-5-8-19-9-6-17/h1-4H,5-10H2,(H,15,18). The number of hydrogen-bond acceptors (Lipinski definition) is 5. The normalized spacial score (nSPS) is 16.4. The molecule has 1 fully saturated rings. The summed E-state index contributed by atoms with van der Waals surface area (Å²) in [6.45, 7) is 4.80. The van der Waals surface area contributed by atoms with Crippen molar-refractivity contribution in [2.45, 2.75) is 0 Å². The Kier molecular flexibility index (Phi) is 3.94. The topological polar surface area (TPSA) is 67.5 Å². The van der Waals surface area contributed by atoms with Gasteiger partial charge in [0.1, 0.15) is 6.61 Å². The largest absolute Gasteiger partial charge is 0.475 e. The van der Waals surface area contributed by atoms with E-state index in [9.17, 15) is 4.79 Å². The predicted octanol–water partition coefficient (Wildman–Crippen LogP) is 0.634. The summed E-state index contributed by atoms with van der Waals surface area (Å²) in [4.78, 5) is 13.9. The van der Waals surface area contributed by atoms with Gasteiger partial charge >= 0.3 is 0 Å². The molecule has 0 aliphatic carbocycles. The van der Waals surface area contributed by atoms with E-state index in [2.05, 4.69) is 15.1 Å². The average molecular weight is 275 g/mol. The van der Waals surface area contributed by atoms with E-state index >= 15 is 0 Å². The van der Waals surface area contributed by atoms with Crippen molar-refractivity contribution in [1.29, 1.82) is 0 Å². The van der Waals surface area contributed by atoms with Gasteiger partial charge in [0.15, 0.2) is 0 Å². The van der Waals surface area contributed by atoms with Gasteiger partial charge in [-0.1, -0.05) is 12.1 Å². The van der Waals surface area contributed by atoms with Crippen molar-refractivity contribution < 1.29 is 9.47 Å². The molecule has 1 saturated heterocycles. The van der Waals surface area contributed by atoms with Gasteiger partial charge in [0.05, 0.1) is 24.0 Å². The molecule has 0 atom stereocenters. The summed E-state index contributed by atoms with van der Waals surface area (Å²) in [6.07, 6.45) is 0. The second-order valence-corrected chi connectivity index (χ2v) is 4.71. The van der Waals surface area contributed by atoms with E-state index in [0.29, 0.717) is 17.9 Å². The Morgan fingerprint density at radius 1 is 1.25 bits per heavy atom. The first-order chi connectivity index (χ1) is 9.84. The maximum absolute atomic E-state index is 11.7. The molecule has 0 saturated carbocycles. The zero-order valence-electron chi connectivity index (χ0n) is 11.2. The van der Waals surface area contributed by atoms with Gasteiger partial charge in [-0.15, -0.1) is 5.10 Å². The molecule has 20 heavy (non-hydrogen) atoms. The molecule has 0 spiro atoms.